The van der Waals surface area contributed by atoms with E-state index in [1.54, 1.807) is 18.2 Å². The Bertz CT molecular complexity index is 420. The van der Waals surface area contributed by atoms with Gasteiger partial charge in [-0.25, -0.2) is 0 Å². The Balaban J connectivity index is 0.00000162. The zero-order valence-corrected chi connectivity index (χ0v) is 12.0. The lowest BCUT2D eigenvalue weighted by Gasteiger charge is -2.23. The fourth-order valence-electron chi connectivity index (χ4n) is 1.88. The Morgan fingerprint density at radius 2 is 2.11 bits per heavy atom. The van der Waals surface area contributed by atoms with Crippen LogP contribution < -0.4 is 10.6 Å². The molecule has 18 heavy (non-hydrogen) atoms. The summed E-state index contributed by atoms with van der Waals surface area (Å²) in [4.78, 5) is 11.9. The quantitative estimate of drug-likeness (QED) is 0.882. The summed E-state index contributed by atoms with van der Waals surface area (Å²) in [6.07, 6.45) is 2.10. The van der Waals surface area contributed by atoms with Gasteiger partial charge in [-0.05, 0) is 37.6 Å². The van der Waals surface area contributed by atoms with Crippen LogP contribution in [0.5, 0.6) is 0 Å². The van der Waals surface area contributed by atoms with E-state index in [9.17, 15) is 4.79 Å². The van der Waals surface area contributed by atoms with Gasteiger partial charge in [0.05, 0.1) is 10.0 Å². The molecule has 0 aromatic heterocycles. The monoisotopic (exact) mass is 308 g/mol. The summed E-state index contributed by atoms with van der Waals surface area (Å²) >= 11 is 11.7. The second kappa shape index (κ2) is 7.19. The highest BCUT2D eigenvalue weighted by atomic mass is 35.5. The van der Waals surface area contributed by atoms with Crippen molar-refractivity contribution in [3.63, 3.8) is 0 Å². The summed E-state index contributed by atoms with van der Waals surface area (Å²) < 4.78 is 0. The van der Waals surface area contributed by atoms with Crippen LogP contribution in [0.4, 0.5) is 0 Å². The Morgan fingerprint density at radius 1 is 1.33 bits per heavy atom. The summed E-state index contributed by atoms with van der Waals surface area (Å²) in [6.45, 7) is 1.85. The van der Waals surface area contributed by atoms with E-state index in [0.29, 0.717) is 15.6 Å². The third-order valence-corrected chi connectivity index (χ3v) is 3.55. The van der Waals surface area contributed by atoms with Gasteiger partial charge in [-0.2, -0.15) is 0 Å². The molecule has 6 heteroatoms. The van der Waals surface area contributed by atoms with Crippen molar-refractivity contribution in [2.45, 2.75) is 18.9 Å². The third-order valence-electron chi connectivity index (χ3n) is 2.81. The topological polar surface area (TPSA) is 41.1 Å². The first kappa shape index (κ1) is 15.6. The number of nitrogens with one attached hydrogen (secondary N) is 2. The maximum atomic E-state index is 11.9. The second-order valence-corrected chi connectivity index (χ2v) is 4.96. The molecule has 2 rings (SSSR count). The molecule has 0 bridgehead atoms. The molecule has 2 N–H and O–H groups in total. The van der Waals surface area contributed by atoms with Crippen molar-refractivity contribution in [2.24, 2.45) is 0 Å². The van der Waals surface area contributed by atoms with Crippen molar-refractivity contribution in [1.82, 2.24) is 10.6 Å². The number of carbonyl (C=O) groups excluding carboxylic acids is 1. The van der Waals surface area contributed by atoms with Crippen molar-refractivity contribution < 1.29 is 4.79 Å². The summed E-state index contributed by atoms with van der Waals surface area (Å²) in [6, 6.07) is 5.11. The minimum atomic E-state index is -0.0998. The van der Waals surface area contributed by atoms with E-state index in [2.05, 4.69) is 10.6 Å². The smallest absolute Gasteiger partial charge is 0.251 e. The number of piperidine rings is 1. The Kier molecular flexibility index (Phi) is 6.22. The highest BCUT2D eigenvalue weighted by molar-refractivity contribution is 6.42. The Hall–Kier alpha value is -0.480. The molecule has 1 aromatic carbocycles. The minimum absolute atomic E-state index is 0. The van der Waals surface area contributed by atoms with Gasteiger partial charge in [0, 0.05) is 18.2 Å². The molecule has 1 heterocycles. The van der Waals surface area contributed by atoms with Crippen molar-refractivity contribution in [1.29, 1.82) is 0 Å². The Labute approximate surface area is 123 Å². The Morgan fingerprint density at radius 3 is 2.72 bits per heavy atom. The van der Waals surface area contributed by atoms with Crippen molar-refractivity contribution in [3.05, 3.63) is 33.8 Å². The molecule has 0 saturated carbocycles. The van der Waals surface area contributed by atoms with Crippen molar-refractivity contribution >= 4 is 41.5 Å². The van der Waals surface area contributed by atoms with Gasteiger partial charge in [0.25, 0.3) is 5.91 Å². The predicted octanol–water partition coefficient (Wildman–Crippen LogP) is 2.90. The molecule has 1 unspecified atom stereocenters. The van der Waals surface area contributed by atoms with Gasteiger partial charge in [0.2, 0.25) is 0 Å². The SMILES string of the molecule is Cl.O=C(NC1CCCNC1)c1ccc(Cl)c(Cl)c1. The molecule has 0 spiro atoms. The maximum absolute atomic E-state index is 11.9. The number of benzene rings is 1. The molecule has 0 radical (unpaired) electrons. The van der Waals surface area contributed by atoms with Crippen LogP contribution in [0.25, 0.3) is 0 Å². The summed E-state index contributed by atoms with van der Waals surface area (Å²) in [5, 5.41) is 7.09. The number of carbonyl (C=O) groups is 1. The van der Waals surface area contributed by atoms with E-state index in [1.807, 2.05) is 0 Å². The van der Waals surface area contributed by atoms with E-state index < -0.39 is 0 Å². The maximum Gasteiger partial charge on any atom is 0.251 e. The van der Waals surface area contributed by atoms with Gasteiger partial charge in [-0.1, -0.05) is 23.2 Å². The number of hydrogen-bond acceptors (Lipinski definition) is 2. The first-order valence-corrected chi connectivity index (χ1v) is 6.39. The zero-order chi connectivity index (χ0) is 12.3. The lowest BCUT2D eigenvalue weighted by molar-refractivity contribution is 0.0930. The average Bonchev–Trinajstić information content (AvgIpc) is 2.34. The van der Waals surface area contributed by atoms with Crippen LogP contribution in [-0.4, -0.2) is 25.0 Å². The van der Waals surface area contributed by atoms with Crippen LogP contribution in [-0.2, 0) is 0 Å². The van der Waals surface area contributed by atoms with Crippen LogP contribution in [0.1, 0.15) is 23.2 Å². The van der Waals surface area contributed by atoms with Gasteiger partial charge in [-0.3, -0.25) is 4.79 Å². The molecule has 1 aliphatic rings. The molecule has 1 fully saturated rings. The van der Waals surface area contributed by atoms with E-state index in [4.69, 9.17) is 23.2 Å². The van der Waals surface area contributed by atoms with Crippen LogP contribution in [0.3, 0.4) is 0 Å². The molecule has 3 nitrogen and oxygen atoms in total. The summed E-state index contributed by atoms with van der Waals surface area (Å²) in [5.41, 5.74) is 0.546. The van der Waals surface area contributed by atoms with Gasteiger partial charge in [0.15, 0.2) is 0 Å². The molecule has 100 valence electrons. The highest BCUT2D eigenvalue weighted by Crippen LogP contribution is 2.22. The lowest BCUT2D eigenvalue weighted by Crippen LogP contribution is -2.45. The molecule has 1 aromatic rings. The van der Waals surface area contributed by atoms with E-state index in [1.165, 1.54) is 0 Å². The summed E-state index contributed by atoms with van der Waals surface area (Å²) in [7, 11) is 0. The zero-order valence-electron chi connectivity index (χ0n) is 9.71. The number of rotatable bonds is 2. The van der Waals surface area contributed by atoms with Crippen LogP contribution in [0.2, 0.25) is 10.0 Å². The van der Waals surface area contributed by atoms with Gasteiger partial charge >= 0.3 is 0 Å². The molecule has 1 saturated heterocycles. The van der Waals surface area contributed by atoms with Crippen LogP contribution in [0.15, 0.2) is 18.2 Å². The molecule has 1 amide bonds. The molecule has 0 aliphatic carbocycles. The van der Waals surface area contributed by atoms with E-state index in [-0.39, 0.29) is 24.4 Å². The first-order valence-electron chi connectivity index (χ1n) is 5.63. The minimum Gasteiger partial charge on any atom is -0.348 e. The van der Waals surface area contributed by atoms with Gasteiger partial charge in [0.1, 0.15) is 0 Å². The van der Waals surface area contributed by atoms with E-state index >= 15 is 0 Å². The first-order chi connectivity index (χ1) is 8.16. The normalized spacial score (nSPS) is 18.9. The average molecular weight is 310 g/mol. The number of hydrogen-bond donors (Lipinski definition) is 2. The molecule has 1 aliphatic heterocycles. The fraction of sp³-hybridized carbons (Fsp3) is 0.417. The third kappa shape index (κ3) is 4.02. The number of amides is 1. The molecule has 1 atom stereocenters. The van der Waals surface area contributed by atoms with Crippen molar-refractivity contribution in [3.8, 4) is 0 Å². The van der Waals surface area contributed by atoms with E-state index in [0.717, 1.165) is 25.9 Å². The highest BCUT2D eigenvalue weighted by Gasteiger charge is 2.16. The van der Waals surface area contributed by atoms with Crippen molar-refractivity contribution in [2.75, 3.05) is 13.1 Å². The predicted molar refractivity (Wildman–Crippen MR) is 77.1 cm³/mol. The summed E-state index contributed by atoms with van der Waals surface area (Å²) in [5.74, 6) is -0.0998. The van der Waals surface area contributed by atoms with Crippen LogP contribution in [0, 0.1) is 0 Å². The molecular formula is C12H15Cl3N2O. The standard InChI is InChI=1S/C12H14Cl2N2O.ClH/c13-10-4-3-8(6-11(10)14)12(17)16-9-2-1-5-15-7-9;/h3-4,6,9,15H,1-2,5,7H2,(H,16,17);1H. The fourth-order valence-corrected chi connectivity index (χ4v) is 2.18. The van der Waals surface area contributed by atoms with Gasteiger partial charge < -0.3 is 10.6 Å². The number of halogens is 3. The van der Waals surface area contributed by atoms with Gasteiger partial charge in [-0.15, -0.1) is 12.4 Å². The lowest BCUT2D eigenvalue weighted by atomic mass is 10.1. The largest absolute Gasteiger partial charge is 0.348 e. The molecular weight excluding hydrogens is 295 g/mol. The van der Waals surface area contributed by atoms with Crippen LogP contribution >= 0.6 is 35.6 Å². The second-order valence-electron chi connectivity index (χ2n) is 4.15.